The molecule has 4 nitrogen and oxygen atoms in total. The van der Waals surface area contributed by atoms with Gasteiger partial charge < -0.3 is 4.74 Å². The minimum absolute atomic E-state index is 0.103. The Morgan fingerprint density at radius 3 is 2.43 bits per heavy atom. The van der Waals surface area contributed by atoms with Crippen LogP contribution in [0.5, 0.6) is 5.75 Å². The van der Waals surface area contributed by atoms with Crippen LogP contribution in [-0.4, -0.2) is 15.5 Å². The van der Waals surface area contributed by atoms with Crippen molar-refractivity contribution in [3.63, 3.8) is 0 Å². The van der Waals surface area contributed by atoms with Crippen LogP contribution in [0.4, 0.5) is 4.39 Å². The molecule has 2 rings (SSSR count). The largest absolute Gasteiger partial charge is 0.495 e. The zero-order chi connectivity index (χ0) is 17.2. The van der Waals surface area contributed by atoms with Gasteiger partial charge in [-0.05, 0) is 50.1 Å². The molecule has 0 aromatic heterocycles. The van der Waals surface area contributed by atoms with Gasteiger partial charge in [-0.25, -0.2) is 17.5 Å². The Balaban J connectivity index is 2.36. The van der Waals surface area contributed by atoms with Gasteiger partial charge in [-0.2, -0.15) is 0 Å². The Kier molecular flexibility index (Phi) is 5.06. The van der Waals surface area contributed by atoms with E-state index in [-0.39, 0.29) is 10.6 Å². The molecule has 0 aliphatic heterocycles. The summed E-state index contributed by atoms with van der Waals surface area (Å²) in [6.45, 7) is 5.65. The molecule has 2 aromatic carbocycles. The fraction of sp³-hybridized carbons (Fsp3) is 0.294. The van der Waals surface area contributed by atoms with Crippen LogP contribution in [0.2, 0.25) is 0 Å². The number of benzene rings is 2. The molecule has 124 valence electrons. The van der Waals surface area contributed by atoms with E-state index in [0.29, 0.717) is 0 Å². The van der Waals surface area contributed by atoms with Gasteiger partial charge in [-0.1, -0.05) is 23.8 Å². The molecule has 2 aromatic rings. The van der Waals surface area contributed by atoms with E-state index in [2.05, 4.69) is 4.72 Å². The molecule has 0 bridgehead atoms. The summed E-state index contributed by atoms with van der Waals surface area (Å²) in [4.78, 5) is -0.211. The summed E-state index contributed by atoms with van der Waals surface area (Å²) < 4.78 is 46.2. The van der Waals surface area contributed by atoms with Gasteiger partial charge in [0.2, 0.25) is 10.0 Å². The molecule has 0 aliphatic carbocycles. The van der Waals surface area contributed by atoms with Crippen LogP contribution in [0.3, 0.4) is 0 Å². The van der Waals surface area contributed by atoms with E-state index < -0.39 is 21.9 Å². The first-order chi connectivity index (χ1) is 10.7. The van der Waals surface area contributed by atoms with Crippen LogP contribution in [0.25, 0.3) is 0 Å². The lowest BCUT2D eigenvalue weighted by Gasteiger charge is -2.18. The molecular weight excluding hydrogens is 317 g/mol. The molecule has 0 spiro atoms. The summed E-state index contributed by atoms with van der Waals surface area (Å²) in [6.07, 6.45) is 0. The minimum Gasteiger partial charge on any atom is -0.495 e. The predicted octanol–water partition coefficient (Wildman–Crippen LogP) is 3.49. The molecule has 0 saturated heterocycles. The lowest BCUT2D eigenvalue weighted by atomic mass is 10.0. The van der Waals surface area contributed by atoms with E-state index in [1.807, 2.05) is 32.0 Å². The Morgan fingerprint density at radius 1 is 1.13 bits per heavy atom. The first-order valence-corrected chi connectivity index (χ1v) is 8.66. The molecule has 23 heavy (non-hydrogen) atoms. The second-order valence-corrected chi connectivity index (χ2v) is 7.18. The highest BCUT2D eigenvalue weighted by atomic mass is 32.2. The number of aryl methyl sites for hydroxylation is 2. The third-order valence-corrected chi connectivity index (χ3v) is 5.20. The van der Waals surface area contributed by atoms with E-state index in [4.69, 9.17) is 4.74 Å². The van der Waals surface area contributed by atoms with Crippen molar-refractivity contribution in [3.05, 3.63) is 58.9 Å². The number of ether oxygens (including phenoxy) is 1. The maximum absolute atomic E-state index is 13.4. The first-order valence-electron chi connectivity index (χ1n) is 7.17. The zero-order valence-corrected chi connectivity index (χ0v) is 14.4. The number of sulfonamides is 1. The summed E-state index contributed by atoms with van der Waals surface area (Å²) >= 11 is 0. The fourth-order valence-corrected chi connectivity index (χ4v) is 3.94. The standard InChI is InChI=1S/C17H20FNO3S/c1-11-5-7-15(12(2)9-11)13(3)19-23(20,21)17-10-14(18)6-8-16(17)22-4/h5-10,13,19H,1-4H3. The van der Waals surface area contributed by atoms with Crippen molar-refractivity contribution in [2.75, 3.05) is 7.11 Å². The smallest absolute Gasteiger partial charge is 0.244 e. The SMILES string of the molecule is COc1ccc(F)cc1S(=O)(=O)NC(C)c1ccc(C)cc1C. The average molecular weight is 337 g/mol. The number of nitrogens with one attached hydrogen (secondary N) is 1. The molecule has 0 heterocycles. The monoisotopic (exact) mass is 337 g/mol. The van der Waals surface area contributed by atoms with E-state index in [1.165, 1.54) is 13.2 Å². The molecule has 1 atom stereocenters. The summed E-state index contributed by atoms with van der Waals surface area (Å²) in [5.74, 6) is -0.530. The second-order valence-electron chi connectivity index (χ2n) is 5.50. The van der Waals surface area contributed by atoms with E-state index in [0.717, 1.165) is 28.8 Å². The molecule has 0 amide bonds. The second kappa shape index (κ2) is 6.68. The average Bonchev–Trinajstić information content (AvgIpc) is 2.46. The van der Waals surface area contributed by atoms with Crippen LogP contribution in [0.15, 0.2) is 41.3 Å². The van der Waals surface area contributed by atoms with Gasteiger partial charge in [0.15, 0.2) is 0 Å². The highest BCUT2D eigenvalue weighted by Gasteiger charge is 2.23. The van der Waals surface area contributed by atoms with Crippen LogP contribution < -0.4 is 9.46 Å². The molecule has 0 saturated carbocycles. The zero-order valence-electron chi connectivity index (χ0n) is 13.6. The maximum Gasteiger partial charge on any atom is 0.244 e. The van der Waals surface area contributed by atoms with E-state index in [1.54, 1.807) is 6.92 Å². The third-order valence-electron chi connectivity index (χ3n) is 3.64. The van der Waals surface area contributed by atoms with Crippen LogP contribution >= 0.6 is 0 Å². The minimum atomic E-state index is -3.91. The molecule has 0 fully saturated rings. The lowest BCUT2D eigenvalue weighted by Crippen LogP contribution is -2.27. The van der Waals surface area contributed by atoms with Crippen molar-refractivity contribution >= 4 is 10.0 Å². The van der Waals surface area contributed by atoms with Crippen molar-refractivity contribution in [2.45, 2.75) is 31.7 Å². The lowest BCUT2D eigenvalue weighted by molar-refractivity contribution is 0.400. The van der Waals surface area contributed by atoms with Crippen LogP contribution in [0, 0.1) is 19.7 Å². The van der Waals surface area contributed by atoms with Gasteiger partial charge in [-0.3, -0.25) is 0 Å². The first kappa shape index (κ1) is 17.4. The maximum atomic E-state index is 13.4. The Labute approximate surface area is 136 Å². The van der Waals surface area contributed by atoms with Gasteiger partial charge in [0, 0.05) is 6.04 Å². The topological polar surface area (TPSA) is 55.4 Å². The number of halogens is 1. The summed E-state index contributed by atoms with van der Waals surface area (Å²) in [7, 11) is -2.57. The highest BCUT2D eigenvalue weighted by Crippen LogP contribution is 2.27. The Bertz CT molecular complexity index is 819. The van der Waals surface area contributed by atoms with Gasteiger partial charge in [-0.15, -0.1) is 0 Å². The van der Waals surface area contributed by atoms with E-state index >= 15 is 0 Å². The third kappa shape index (κ3) is 3.89. The molecule has 1 N–H and O–H groups in total. The predicted molar refractivity (Wildman–Crippen MR) is 87.6 cm³/mol. The Morgan fingerprint density at radius 2 is 1.83 bits per heavy atom. The Hall–Kier alpha value is -1.92. The summed E-state index contributed by atoms with van der Waals surface area (Å²) in [5, 5.41) is 0. The summed E-state index contributed by atoms with van der Waals surface area (Å²) in [6, 6.07) is 8.76. The molecule has 0 radical (unpaired) electrons. The van der Waals surface area contributed by atoms with Crippen molar-refractivity contribution in [3.8, 4) is 5.75 Å². The van der Waals surface area contributed by atoms with Crippen molar-refractivity contribution < 1.29 is 17.5 Å². The molecule has 0 aliphatic rings. The number of rotatable bonds is 5. The van der Waals surface area contributed by atoms with Crippen molar-refractivity contribution in [2.24, 2.45) is 0 Å². The van der Waals surface area contributed by atoms with Gasteiger partial charge in [0.1, 0.15) is 16.5 Å². The normalized spacial score (nSPS) is 12.9. The number of methoxy groups -OCH3 is 1. The quantitative estimate of drug-likeness (QED) is 0.908. The van der Waals surface area contributed by atoms with Gasteiger partial charge in [0.25, 0.3) is 0 Å². The fourth-order valence-electron chi connectivity index (χ4n) is 2.53. The van der Waals surface area contributed by atoms with E-state index in [9.17, 15) is 12.8 Å². The van der Waals surface area contributed by atoms with Crippen LogP contribution in [-0.2, 0) is 10.0 Å². The highest BCUT2D eigenvalue weighted by molar-refractivity contribution is 7.89. The summed E-state index contributed by atoms with van der Waals surface area (Å²) in [5.41, 5.74) is 2.97. The number of hydrogen-bond acceptors (Lipinski definition) is 3. The van der Waals surface area contributed by atoms with Crippen molar-refractivity contribution in [1.29, 1.82) is 0 Å². The number of hydrogen-bond donors (Lipinski definition) is 1. The molecular formula is C17H20FNO3S. The molecule has 6 heteroatoms. The van der Waals surface area contributed by atoms with Crippen LogP contribution in [0.1, 0.15) is 29.7 Å². The van der Waals surface area contributed by atoms with Crippen molar-refractivity contribution in [1.82, 2.24) is 4.72 Å². The molecule has 1 unspecified atom stereocenters. The van der Waals surface area contributed by atoms with Gasteiger partial charge >= 0.3 is 0 Å². The van der Waals surface area contributed by atoms with Gasteiger partial charge in [0.05, 0.1) is 7.11 Å².